The lowest BCUT2D eigenvalue weighted by molar-refractivity contribution is 0.102. The van der Waals surface area contributed by atoms with E-state index in [4.69, 9.17) is 0 Å². The Bertz CT molecular complexity index is 604. The maximum absolute atomic E-state index is 12.1. The molecular formula is C13H14BrN3O. The van der Waals surface area contributed by atoms with Crippen LogP contribution in [0.1, 0.15) is 27.2 Å². The summed E-state index contributed by atoms with van der Waals surface area (Å²) >= 11 is 3.41. The number of anilines is 1. The highest BCUT2D eigenvalue weighted by Gasteiger charge is 2.11. The SMILES string of the molecule is Cc1cc(C(=O)Nc2n[nH]c(C)c2C)ccc1Br. The molecule has 1 amide bonds. The number of rotatable bonds is 2. The molecule has 0 radical (unpaired) electrons. The largest absolute Gasteiger partial charge is 0.305 e. The van der Waals surface area contributed by atoms with E-state index in [-0.39, 0.29) is 5.91 Å². The zero-order valence-corrected chi connectivity index (χ0v) is 12.1. The smallest absolute Gasteiger partial charge is 0.256 e. The Morgan fingerprint density at radius 1 is 1.33 bits per heavy atom. The molecule has 18 heavy (non-hydrogen) atoms. The summed E-state index contributed by atoms with van der Waals surface area (Å²) in [6.07, 6.45) is 0. The van der Waals surface area contributed by atoms with Crippen LogP contribution in [0, 0.1) is 20.8 Å². The molecule has 2 aromatic rings. The van der Waals surface area contributed by atoms with Crippen molar-refractivity contribution in [3.8, 4) is 0 Å². The van der Waals surface area contributed by atoms with Gasteiger partial charge in [-0.3, -0.25) is 9.89 Å². The number of nitrogens with zero attached hydrogens (tertiary/aromatic N) is 1. The fraction of sp³-hybridized carbons (Fsp3) is 0.231. The molecule has 1 heterocycles. The number of carbonyl (C=O) groups is 1. The fourth-order valence-electron chi connectivity index (χ4n) is 1.57. The van der Waals surface area contributed by atoms with Gasteiger partial charge in [-0.15, -0.1) is 0 Å². The molecule has 0 aliphatic rings. The molecule has 0 saturated heterocycles. The van der Waals surface area contributed by atoms with Gasteiger partial charge < -0.3 is 5.32 Å². The lowest BCUT2D eigenvalue weighted by atomic mass is 10.1. The average molecular weight is 308 g/mol. The van der Waals surface area contributed by atoms with Gasteiger partial charge in [0, 0.05) is 21.3 Å². The van der Waals surface area contributed by atoms with Gasteiger partial charge >= 0.3 is 0 Å². The minimum atomic E-state index is -0.153. The van der Waals surface area contributed by atoms with Crippen LogP contribution in [-0.2, 0) is 0 Å². The van der Waals surface area contributed by atoms with Crippen LogP contribution >= 0.6 is 15.9 Å². The van der Waals surface area contributed by atoms with Gasteiger partial charge in [-0.25, -0.2) is 0 Å². The number of nitrogens with one attached hydrogen (secondary N) is 2. The van der Waals surface area contributed by atoms with Crippen LogP contribution in [0.15, 0.2) is 22.7 Å². The third-order valence-corrected chi connectivity index (χ3v) is 3.79. The summed E-state index contributed by atoms with van der Waals surface area (Å²) in [5.41, 5.74) is 3.56. The molecular weight excluding hydrogens is 294 g/mol. The number of H-pyrrole nitrogens is 1. The number of hydrogen-bond donors (Lipinski definition) is 2. The quantitative estimate of drug-likeness (QED) is 0.894. The van der Waals surface area contributed by atoms with Crippen LogP contribution in [-0.4, -0.2) is 16.1 Å². The second kappa shape index (κ2) is 4.94. The van der Waals surface area contributed by atoms with Crippen LogP contribution in [0.5, 0.6) is 0 Å². The molecule has 0 unspecified atom stereocenters. The van der Waals surface area contributed by atoms with Gasteiger partial charge in [-0.05, 0) is 44.5 Å². The molecule has 4 nitrogen and oxygen atoms in total. The highest BCUT2D eigenvalue weighted by Crippen LogP contribution is 2.19. The van der Waals surface area contributed by atoms with Crippen LogP contribution < -0.4 is 5.32 Å². The highest BCUT2D eigenvalue weighted by atomic mass is 79.9. The van der Waals surface area contributed by atoms with E-state index >= 15 is 0 Å². The Hall–Kier alpha value is -1.62. The third kappa shape index (κ3) is 2.46. The van der Waals surface area contributed by atoms with Crippen molar-refractivity contribution < 1.29 is 4.79 Å². The van der Waals surface area contributed by atoms with Crippen molar-refractivity contribution in [3.05, 3.63) is 45.1 Å². The summed E-state index contributed by atoms with van der Waals surface area (Å²) in [4.78, 5) is 12.1. The number of amides is 1. The molecule has 0 atom stereocenters. The molecule has 0 fully saturated rings. The number of aromatic nitrogens is 2. The summed E-state index contributed by atoms with van der Waals surface area (Å²) in [7, 11) is 0. The average Bonchev–Trinajstić information content (AvgIpc) is 2.64. The van der Waals surface area contributed by atoms with Crippen molar-refractivity contribution in [3.63, 3.8) is 0 Å². The number of benzene rings is 1. The first kappa shape index (κ1) is 12.8. The van der Waals surface area contributed by atoms with Crippen molar-refractivity contribution in [1.82, 2.24) is 10.2 Å². The highest BCUT2D eigenvalue weighted by molar-refractivity contribution is 9.10. The van der Waals surface area contributed by atoms with Gasteiger partial charge in [0.1, 0.15) is 0 Å². The molecule has 2 rings (SSSR count). The lowest BCUT2D eigenvalue weighted by Crippen LogP contribution is -2.13. The van der Waals surface area contributed by atoms with Crippen molar-refractivity contribution in [2.24, 2.45) is 0 Å². The Morgan fingerprint density at radius 2 is 2.06 bits per heavy atom. The van der Waals surface area contributed by atoms with Gasteiger partial charge in [0.25, 0.3) is 5.91 Å². The molecule has 0 spiro atoms. The summed E-state index contributed by atoms with van der Waals surface area (Å²) in [6, 6.07) is 5.49. The van der Waals surface area contributed by atoms with E-state index in [0.29, 0.717) is 11.4 Å². The van der Waals surface area contributed by atoms with Gasteiger partial charge in [0.05, 0.1) is 0 Å². The van der Waals surface area contributed by atoms with E-state index < -0.39 is 0 Å². The van der Waals surface area contributed by atoms with E-state index in [1.165, 1.54) is 0 Å². The topological polar surface area (TPSA) is 57.8 Å². The Morgan fingerprint density at radius 3 is 2.61 bits per heavy atom. The number of carbonyl (C=O) groups excluding carboxylic acids is 1. The summed E-state index contributed by atoms with van der Waals surface area (Å²) in [6.45, 7) is 5.79. The Balaban J connectivity index is 2.22. The summed E-state index contributed by atoms with van der Waals surface area (Å²) < 4.78 is 0.992. The maximum Gasteiger partial charge on any atom is 0.256 e. The fourth-order valence-corrected chi connectivity index (χ4v) is 1.82. The zero-order valence-electron chi connectivity index (χ0n) is 10.5. The van der Waals surface area contributed by atoms with Crippen LogP contribution in [0.2, 0.25) is 0 Å². The minimum absolute atomic E-state index is 0.153. The van der Waals surface area contributed by atoms with Crippen molar-refractivity contribution >= 4 is 27.7 Å². The van der Waals surface area contributed by atoms with Gasteiger partial charge in [-0.2, -0.15) is 5.10 Å². The Kier molecular flexibility index (Phi) is 3.52. The molecule has 1 aromatic heterocycles. The number of aryl methyl sites for hydroxylation is 2. The molecule has 5 heteroatoms. The molecule has 0 saturated carbocycles. The third-order valence-electron chi connectivity index (χ3n) is 2.91. The number of aromatic amines is 1. The number of hydrogen-bond acceptors (Lipinski definition) is 2. The van der Waals surface area contributed by atoms with E-state index in [9.17, 15) is 4.79 Å². The number of halogens is 1. The standard InChI is InChI=1S/C13H14BrN3O/c1-7-6-10(4-5-11(7)14)13(18)15-12-8(2)9(3)16-17-12/h4-6H,1-3H3,(H2,15,16,17,18). The Labute approximate surface area is 114 Å². The van der Waals surface area contributed by atoms with E-state index in [1.54, 1.807) is 6.07 Å². The van der Waals surface area contributed by atoms with Crippen molar-refractivity contribution in [2.75, 3.05) is 5.32 Å². The molecule has 0 aliphatic carbocycles. The van der Waals surface area contributed by atoms with Crippen LogP contribution in [0.3, 0.4) is 0 Å². The summed E-state index contributed by atoms with van der Waals surface area (Å²) in [5.74, 6) is 0.429. The van der Waals surface area contributed by atoms with E-state index in [0.717, 1.165) is 21.3 Å². The van der Waals surface area contributed by atoms with E-state index in [2.05, 4.69) is 31.4 Å². The van der Waals surface area contributed by atoms with E-state index in [1.807, 2.05) is 32.9 Å². The van der Waals surface area contributed by atoms with Gasteiger partial charge in [-0.1, -0.05) is 15.9 Å². The zero-order chi connectivity index (χ0) is 13.3. The molecule has 94 valence electrons. The normalized spacial score (nSPS) is 10.4. The first-order chi connectivity index (χ1) is 8.49. The van der Waals surface area contributed by atoms with Crippen molar-refractivity contribution in [2.45, 2.75) is 20.8 Å². The first-order valence-corrected chi connectivity index (χ1v) is 6.37. The van der Waals surface area contributed by atoms with Crippen LogP contribution in [0.4, 0.5) is 5.82 Å². The van der Waals surface area contributed by atoms with Gasteiger partial charge in [0.15, 0.2) is 5.82 Å². The molecule has 0 aliphatic heterocycles. The minimum Gasteiger partial charge on any atom is -0.305 e. The first-order valence-electron chi connectivity index (χ1n) is 5.58. The monoisotopic (exact) mass is 307 g/mol. The summed E-state index contributed by atoms with van der Waals surface area (Å²) in [5, 5.41) is 9.69. The predicted molar refractivity (Wildman–Crippen MR) is 74.9 cm³/mol. The molecule has 0 bridgehead atoms. The molecule has 1 aromatic carbocycles. The maximum atomic E-state index is 12.1. The van der Waals surface area contributed by atoms with Crippen LogP contribution in [0.25, 0.3) is 0 Å². The second-order valence-electron chi connectivity index (χ2n) is 4.24. The molecule has 2 N–H and O–H groups in total. The van der Waals surface area contributed by atoms with Gasteiger partial charge in [0.2, 0.25) is 0 Å². The second-order valence-corrected chi connectivity index (χ2v) is 5.09. The lowest BCUT2D eigenvalue weighted by Gasteiger charge is -2.05. The van der Waals surface area contributed by atoms with Crippen molar-refractivity contribution in [1.29, 1.82) is 0 Å². The predicted octanol–water partition coefficient (Wildman–Crippen LogP) is 3.35.